The average Bonchev–Trinajstić information content (AvgIpc) is 2.74. The highest BCUT2D eigenvalue weighted by molar-refractivity contribution is 8.00. The Balaban J connectivity index is 1.72. The van der Waals surface area contributed by atoms with Crippen molar-refractivity contribution >= 4 is 23.4 Å². The van der Waals surface area contributed by atoms with Crippen LogP contribution in [0.2, 0.25) is 0 Å². The minimum atomic E-state index is -0.250. The normalized spacial score (nSPS) is 11.7. The van der Waals surface area contributed by atoms with Crippen LogP contribution in [-0.4, -0.2) is 27.7 Å². The number of nitrogens with zero attached hydrogens (tertiary/aromatic N) is 2. The Bertz CT molecular complexity index is 946. The fraction of sp³-hybridized carbons (Fsp3) is 0.261. The summed E-state index contributed by atoms with van der Waals surface area (Å²) in [6, 6.07) is 19.3. The van der Waals surface area contributed by atoms with Crippen molar-refractivity contribution in [3.63, 3.8) is 0 Å². The van der Waals surface area contributed by atoms with Crippen molar-refractivity contribution in [2.45, 2.75) is 37.5 Å². The van der Waals surface area contributed by atoms with E-state index in [0.717, 1.165) is 27.7 Å². The zero-order chi connectivity index (χ0) is 20.6. The highest BCUT2D eigenvalue weighted by atomic mass is 32.2. The van der Waals surface area contributed by atoms with Crippen LogP contribution in [0.15, 0.2) is 65.7 Å². The smallest absolute Gasteiger partial charge is 0.237 e. The number of rotatable bonds is 8. The molecular weight excluding hydrogens is 382 g/mol. The number of aromatic nitrogens is 2. The van der Waals surface area contributed by atoms with Gasteiger partial charge in [0, 0.05) is 11.3 Å². The second-order valence-electron chi connectivity index (χ2n) is 6.47. The predicted molar refractivity (Wildman–Crippen MR) is 118 cm³/mol. The van der Waals surface area contributed by atoms with Crippen LogP contribution in [-0.2, 0) is 4.79 Å². The van der Waals surface area contributed by atoms with Crippen molar-refractivity contribution in [3.05, 3.63) is 66.5 Å². The summed E-state index contributed by atoms with van der Waals surface area (Å²) >= 11 is 1.46. The van der Waals surface area contributed by atoms with Gasteiger partial charge in [-0.25, -0.2) is 9.97 Å². The molecule has 1 unspecified atom stereocenters. The number of anilines is 1. The zero-order valence-electron chi connectivity index (χ0n) is 16.9. The Morgan fingerprint density at radius 2 is 1.79 bits per heavy atom. The SMILES string of the molecule is CCOc1ccc(NC(=O)C(CC)Sc2cc(-c3ccccc3)nc(C)n2)cc1. The van der Waals surface area contributed by atoms with Crippen molar-refractivity contribution in [3.8, 4) is 17.0 Å². The second kappa shape index (κ2) is 10.1. The monoisotopic (exact) mass is 407 g/mol. The van der Waals surface area contributed by atoms with E-state index >= 15 is 0 Å². The second-order valence-corrected chi connectivity index (χ2v) is 7.69. The maximum atomic E-state index is 12.8. The fourth-order valence-corrected chi connectivity index (χ4v) is 3.84. The van der Waals surface area contributed by atoms with Gasteiger partial charge in [-0.2, -0.15) is 0 Å². The lowest BCUT2D eigenvalue weighted by atomic mass is 10.1. The number of nitrogens with one attached hydrogen (secondary N) is 1. The largest absolute Gasteiger partial charge is 0.494 e. The molecule has 0 aliphatic carbocycles. The van der Waals surface area contributed by atoms with Crippen molar-refractivity contribution in [1.29, 1.82) is 0 Å². The van der Waals surface area contributed by atoms with Gasteiger partial charge in [0.25, 0.3) is 0 Å². The van der Waals surface area contributed by atoms with E-state index in [4.69, 9.17) is 4.74 Å². The summed E-state index contributed by atoms with van der Waals surface area (Å²) in [7, 11) is 0. The summed E-state index contributed by atoms with van der Waals surface area (Å²) in [5.41, 5.74) is 2.65. The third-order valence-corrected chi connectivity index (χ3v) is 5.53. The summed E-state index contributed by atoms with van der Waals surface area (Å²) in [5, 5.41) is 3.53. The summed E-state index contributed by atoms with van der Waals surface area (Å²) in [6.07, 6.45) is 0.692. The summed E-state index contributed by atoms with van der Waals surface area (Å²) in [6.45, 7) is 6.43. The van der Waals surface area contributed by atoms with E-state index in [2.05, 4.69) is 15.3 Å². The third-order valence-electron chi connectivity index (χ3n) is 4.24. The molecule has 0 saturated heterocycles. The Morgan fingerprint density at radius 1 is 1.07 bits per heavy atom. The molecule has 0 radical (unpaired) electrons. The lowest BCUT2D eigenvalue weighted by molar-refractivity contribution is -0.115. The van der Waals surface area contributed by atoms with E-state index < -0.39 is 0 Å². The molecule has 1 N–H and O–H groups in total. The molecule has 1 amide bonds. The number of hydrogen-bond acceptors (Lipinski definition) is 5. The minimum Gasteiger partial charge on any atom is -0.494 e. The van der Waals surface area contributed by atoms with Crippen LogP contribution < -0.4 is 10.1 Å². The van der Waals surface area contributed by atoms with Gasteiger partial charge >= 0.3 is 0 Å². The first-order valence-electron chi connectivity index (χ1n) is 9.70. The first kappa shape index (κ1) is 20.9. The van der Waals surface area contributed by atoms with Crippen molar-refractivity contribution in [1.82, 2.24) is 9.97 Å². The molecule has 0 aliphatic heterocycles. The van der Waals surface area contributed by atoms with Crippen LogP contribution in [0.5, 0.6) is 5.75 Å². The third kappa shape index (κ3) is 5.81. The topological polar surface area (TPSA) is 64.1 Å². The number of carbonyl (C=O) groups excluding carboxylic acids is 1. The molecule has 150 valence electrons. The first-order chi connectivity index (χ1) is 14.1. The van der Waals surface area contributed by atoms with Crippen LogP contribution in [0.1, 0.15) is 26.1 Å². The number of thioether (sulfide) groups is 1. The van der Waals surface area contributed by atoms with Gasteiger partial charge in [0.1, 0.15) is 16.6 Å². The maximum Gasteiger partial charge on any atom is 0.237 e. The van der Waals surface area contributed by atoms with Crippen molar-refractivity contribution in [2.24, 2.45) is 0 Å². The van der Waals surface area contributed by atoms with E-state index in [9.17, 15) is 4.79 Å². The van der Waals surface area contributed by atoms with E-state index in [-0.39, 0.29) is 11.2 Å². The van der Waals surface area contributed by atoms with Crippen LogP contribution in [0.4, 0.5) is 5.69 Å². The molecule has 29 heavy (non-hydrogen) atoms. The Morgan fingerprint density at radius 3 is 2.45 bits per heavy atom. The van der Waals surface area contributed by atoms with Gasteiger partial charge in [-0.1, -0.05) is 49.0 Å². The molecule has 0 bridgehead atoms. The zero-order valence-corrected chi connectivity index (χ0v) is 17.7. The Hall–Kier alpha value is -2.86. The van der Waals surface area contributed by atoms with Gasteiger partial charge in [-0.05, 0) is 50.6 Å². The van der Waals surface area contributed by atoms with E-state index in [0.29, 0.717) is 18.9 Å². The average molecular weight is 408 g/mol. The fourth-order valence-electron chi connectivity index (χ4n) is 2.85. The molecule has 1 aromatic heterocycles. The number of benzene rings is 2. The molecule has 2 aromatic carbocycles. The Labute approximate surface area is 175 Å². The van der Waals surface area contributed by atoms with Gasteiger partial charge < -0.3 is 10.1 Å². The summed E-state index contributed by atoms with van der Waals surface area (Å²) < 4.78 is 5.44. The molecule has 0 fully saturated rings. The molecule has 1 heterocycles. The van der Waals surface area contributed by atoms with E-state index in [1.807, 2.05) is 81.4 Å². The van der Waals surface area contributed by atoms with Crippen molar-refractivity contribution < 1.29 is 9.53 Å². The lowest BCUT2D eigenvalue weighted by Crippen LogP contribution is -2.24. The van der Waals surface area contributed by atoms with E-state index in [1.54, 1.807) is 0 Å². The maximum absolute atomic E-state index is 12.8. The summed E-state index contributed by atoms with van der Waals surface area (Å²) in [5.74, 6) is 1.44. The molecular formula is C23H25N3O2S. The molecule has 1 atom stereocenters. The summed E-state index contributed by atoms with van der Waals surface area (Å²) in [4.78, 5) is 21.9. The number of aryl methyl sites for hydroxylation is 1. The van der Waals surface area contributed by atoms with Gasteiger partial charge in [-0.3, -0.25) is 4.79 Å². The molecule has 0 aliphatic rings. The van der Waals surface area contributed by atoms with Crippen LogP contribution in [0.3, 0.4) is 0 Å². The molecule has 5 nitrogen and oxygen atoms in total. The number of hydrogen-bond donors (Lipinski definition) is 1. The van der Waals surface area contributed by atoms with Gasteiger partial charge in [0.2, 0.25) is 5.91 Å². The number of ether oxygens (including phenoxy) is 1. The predicted octanol–water partition coefficient (Wildman–Crippen LogP) is 5.36. The van der Waals surface area contributed by atoms with Crippen LogP contribution >= 0.6 is 11.8 Å². The van der Waals surface area contributed by atoms with Crippen LogP contribution in [0.25, 0.3) is 11.3 Å². The van der Waals surface area contributed by atoms with Gasteiger partial charge in [0.15, 0.2) is 0 Å². The van der Waals surface area contributed by atoms with Gasteiger partial charge in [-0.15, -0.1) is 0 Å². The molecule has 6 heteroatoms. The standard InChI is InChI=1S/C23H25N3O2S/c1-4-21(23(27)26-18-11-13-19(14-12-18)28-5-2)29-22-15-20(24-16(3)25-22)17-9-7-6-8-10-17/h6-15,21H,4-5H2,1-3H3,(H,26,27). The first-order valence-corrected chi connectivity index (χ1v) is 10.6. The van der Waals surface area contributed by atoms with Crippen molar-refractivity contribution in [2.75, 3.05) is 11.9 Å². The number of carbonyl (C=O) groups is 1. The number of amides is 1. The minimum absolute atomic E-state index is 0.0424. The molecule has 3 aromatic rings. The molecule has 3 rings (SSSR count). The molecule has 0 saturated carbocycles. The van der Waals surface area contributed by atoms with E-state index in [1.165, 1.54) is 11.8 Å². The Kier molecular flexibility index (Phi) is 7.25. The highest BCUT2D eigenvalue weighted by Gasteiger charge is 2.19. The van der Waals surface area contributed by atoms with Gasteiger partial charge in [0.05, 0.1) is 17.6 Å². The highest BCUT2D eigenvalue weighted by Crippen LogP contribution is 2.28. The van der Waals surface area contributed by atoms with Crippen LogP contribution in [0, 0.1) is 6.92 Å². The molecule has 0 spiro atoms. The quantitative estimate of drug-likeness (QED) is 0.402. The lowest BCUT2D eigenvalue weighted by Gasteiger charge is -2.15.